The third-order valence-electron chi connectivity index (χ3n) is 5.08. The van der Waals surface area contributed by atoms with Gasteiger partial charge in [-0.15, -0.1) is 0 Å². The van der Waals surface area contributed by atoms with Gasteiger partial charge in [0.1, 0.15) is 0 Å². The van der Waals surface area contributed by atoms with E-state index in [1.54, 1.807) is 6.92 Å². The Hall–Kier alpha value is -2.38. The molecule has 1 fully saturated rings. The lowest BCUT2D eigenvalue weighted by Gasteiger charge is -2.36. The number of urea groups is 1. The SMILES string of the molecule is CCOC(=O)C1=C(CN2CCN(Cc3ccccc3C)CC2)NC(=O)NC1. The molecule has 2 N–H and O–H groups in total. The van der Waals surface area contributed by atoms with Crippen LogP contribution in [-0.2, 0) is 16.1 Å². The van der Waals surface area contributed by atoms with Gasteiger partial charge in [-0.05, 0) is 25.0 Å². The van der Waals surface area contributed by atoms with Gasteiger partial charge in [0.15, 0.2) is 0 Å². The van der Waals surface area contributed by atoms with Crippen LogP contribution in [0.25, 0.3) is 0 Å². The van der Waals surface area contributed by atoms with Crippen LogP contribution in [0.3, 0.4) is 0 Å². The van der Waals surface area contributed by atoms with Gasteiger partial charge in [0.05, 0.1) is 18.7 Å². The van der Waals surface area contributed by atoms with E-state index < -0.39 is 0 Å². The number of nitrogens with zero attached hydrogens (tertiary/aromatic N) is 2. The molecule has 0 bridgehead atoms. The molecule has 27 heavy (non-hydrogen) atoms. The molecule has 0 saturated carbocycles. The van der Waals surface area contributed by atoms with Crippen molar-refractivity contribution in [3.63, 3.8) is 0 Å². The van der Waals surface area contributed by atoms with E-state index in [0.29, 0.717) is 24.4 Å². The molecule has 1 aromatic rings. The summed E-state index contributed by atoms with van der Waals surface area (Å²) in [7, 11) is 0. The Labute approximate surface area is 160 Å². The maximum Gasteiger partial charge on any atom is 0.337 e. The Morgan fingerprint density at radius 3 is 2.44 bits per heavy atom. The second-order valence-electron chi connectivity index (χ2n) is 6.96. The minimum absolute atomic E-state index is 0.216. The van der Waals surface area contributed by atoms with E-state index >= 15 is 0 Å². The molecule has 2 heterocycles. The minimum Gasteiger partial charge on any atom is -0.463 e. The summed E-state index contributed by atoms with van der Waals surface area (Å²) in [5.74, 6) is -0.363. The highest BCUT2D eigenvalue weighted by Gasteiger charge is 2.26. The standard InChI is InChI=1S/C20H28N4O3/c1-3-27-19(25)17-12-21-20(26)22-18(17)14-24-10-8-23(9-11-24)13-16-7-5-4-6-15(16)2/h4-7H,3,8-14H2,1-2H3,(H2,21,22,26). The number of amides is 2. The molecule has 1 saturated heterocycles. The molecule has 2 aliphatic heterocycles. The van der Waals surface area contributed by atoms with Crippen LogP contribution in [-0.4, -0.2) is 67.7 Å². The number of ether oxygens (including phenoxy) is 1. The molecular weight excluding hydrogens is 344 g/mol. The summed E-state index contributed by atoms with van der Waals surface area (Å²) >= 11 is 0. The third-order valence-corrected chi connectivity index (χ3v) is 5.08. The van der Waals surface area contributed by atoms with E-state index in [0.717, 1.165) is 32.7 Å². The largest absolute Gasteiger partial charge is 0.463 e. The van der Waals surface area contributed by atoms with Crippen molar-refractivity contribution in [2.24, 2.45) is 0 Å². The van der Waals surface area contributed by atoms with Crippen molar-refractivity contribution in [2.45, 2.75) is 20.4 Å². The normalized spacial score (nSPS) is 18.8. The fraction of sp³-hybridized carbons (Fsp3) is 0.500. The van der Waals surface area contributed by atoms with Crippen LogP contribution in [0.1, 0.15) is 18.1 Å². The molecule has 3 rings (SSSR count). The predicted octanol–water partition coefficient (Wildman–Crippen LogP) is 1.24. The fourth-order valence-corrected chi connectivity index (χ4v) is 3.44. The number of rotatable bonds is 6. The zero-order chi connectivity index (χ0) is 19.2. The van der Waals surface area contributed by atoms with Gasteiger partial charge in [0.2, 0.25) is 0 Å². The smallest absolute Gasteiger partial charge is 0.337 e. The van der Waals surface area contributed by atoms with Crippen molar-refractivity contribution in [1.82, 2.24) is 20.4 Å². The summed E-state index contributed by atoms with van der Waals surface area (Å²) < 4.78 is 5.12. The molecule has 0 aromatic heterocycles. The van der Waals surface area contributed by atoms with Gasteiger partial charge in [-0.1, -0.05) is 24.3 Å². The van der Waals surface area contributed by atoms with Crippen LogP contribution in [0.4, 0.5) is 4.79 Å². The first-order valence-corrected chi connectivity index (χ1v) is 9.50. The van der Waals surface area contributed by atoms with E-state index in [2.05, 4.69) is 51.6 Å². The van der Waals surface area contributed by atoms with Crippen LogP contribution < -0.4 is 10.6 Å². The topological polar surface area (TPSA) is 73.9 Å². The lowest BCUT2D eigenvalue weighted by molar-refractivity contribution is -0.138. The number of piperazine rings is 1. The Bertz CT molecular complexity index is 724. The average molecular weight is 372 g/mol. The lowest BCUT2D eigenvalue weighted by Crippen LogP contribution is -2.50. The molecule has 146 valence electrons. The Kier molecular flexibility index (Phi) is 6.47. The predicted molar refractivity (Wildman–Crippen MR) is 103 cm³/mol. The molecule has 2 amide bonds. The van der Waals surface area contributed by atoms with Gasteiger partial charge in [0.25, 0.3) is 0 Å². The molecule has 0 radical (unpaired) electrons. The summed E-state index contributed by atoms with van der Waals surface area (Å²) in [4.78, 5) is 28.6. The van der Waals surface area contributed by atoms with Gasteiger partial charge in [-0.25, -0.2) is 9.59 Å². The molecule has 0 atom stereocenters. The highest BCUT2D eigenvalue weighted by molar-refractivity contribution is 5.93. The average Bonchev–Trinajstić information content (AvgIpc) is 2.65. The Morgan fingerprint density at radius 1 is 1.11 bits per heavy atom. The van der Waals surface area contributed by atoms with Crippen molar-refractivity contribution < 1.29 is 14.3 Å². The summed E-state index contributed by atoms with van der Waals surface area (Å²) in [5, 5.41) is 5.43. The van der Waals surface area contributed by atoms with E-state index in [1.165, 1.54) is 11.1 Å². The molecule has 7 nitrogen and oxygen atoms in total. The lowest BCUT2D eigenvalue weighted by atomic mass is 10.1. The van der Waals surface area contributed by atoms with Crippen LogP contribution in [0.2, 0.25) is 0 Å². The molecular formula is C20H28N4O3. The number of esters is 1. The number of carbonyl (C=O) groups excluding carboxylic acids is 2. The van der Waals surface area contributed by atoms with Gasteiger partial charge < -0.3 is 15.4 Å². The first kappa shape index (κ1) is 19.4. The quantitative estimate of drug-likeness (QED) is 0.735. The van der Waals surface area contributed by atoms with Crippen LogP contribution in [0.15, 0.2) is 35.5 Å². The number of aryl methyl sites for hydroxylation is 1. The molecule has 0 spiro atoms. The zero-order valence-electron chi connectivity index (χ0n) is 16.1. The second-order valence-corrected chi connectivity index (χ2v) is 6.96. The monoisotopic (exact) mass is 372 g/mol. The van der Waals surface area contributed by atoms with Crippen molar-refractivity contribution in [1.29, 1.82) is 0 Å². The van der Waals surface area contributed by atoms with Gasteiger partial charge in [-0.3, -0.25) is 9.80 Å². The summed E-state index contributed by atoms with van der Waals surface area (Å²) in [6.45, 7) is 9.69. The third kappa shape index (κ3) is 5.08. The van der Waals surface area contributed by atoms with Gasteiger partial charge >= 0.3 is 12.0 Å². The highest BCUT2D eigenvalue weighted by atomic mass is 16.5. The number of hydrogen-bond donors (Lipinski definition) is 2. The zero-order valence-corrected chi connectivity index (χ0v) is 16.1. The Morgan fingerprint density at radius 2 is 1.78 bits per heavy atom. The Balaban J connectivity index is 1.58. The number of carbonyl (C=O) groups is 2. The molecule has 7 heteroatoms. The van der Waals surface area contributed by atoms with Crippen molar-refractivity contribution >= 4 is 12.0 Å². The van der Waals surface area contributed by atoms with E-state index in [4.69, 9.17) is 4.74 Å². The summed E-state index contributed by atoms with van der Waals surface area (Å²) in [6, 6.07) is 8.22. The van der Waals surface area contributed by atoms with Gasteiger partial charge in [-0.2, -0.15) is 0 Å². The van der Waals surface area contributed by atoms with Crippen LogP contribution >= 0.6 is 0 Å². The minimum atomic E-state index is -0.363. The fourth-order valence-electron chi connectivity index (χ4n) is 3.44. The van der Waals surface area contributed by atoms with E-state index in [-0.39, 0.29) is 18.5 Å². The van der Waals surface area contributed by atoms with Crippen molar-refractivity contribution in [3.8, 4) is 0 Å². The first-order chi connectivity index (χ1) is 13.1. The summed E-state index contributed by atoms with van der Waals surface area (Å²) in [6.07, 6.45) is 0. The molecule has 0 unspecified atom stereocenters. The highest BCUT2D eigenvalue weighted by Crippen LogP contribution is 2.15. The molecule has 0 aliphatic carbocycles. The number of nitrogens with one attached hydrogen (secondary N) is 2. The number of hydrogen-bond acceptors (Lipinski definition) is 5. The molecule has 2 aliphatic rings. The van der Waals surface area contributed by atoms with E-state index in [9.17, 15) is 9.59 Å². The van der Waals surface area contributed by atoms with Crippen molar-refractivity contribution in [3.05, 3.63) is 46.7 Å². The van der Waals surface area contributed by atoms with Crippen LogP contribution in [0.5, 0.6) is 0 Å². The second kappa shape index (κ2) is 9.01. The van der Waals surface area contributed by atoms with Crippen LogP contribution in [0, 0.1) is 6.92 Å². The maximum absolute atomic E-state index is 12.1. The first-order valence-electron chi connectivity index (χ1n) is 9.50. The van der Waals surface area contributed by atoms with Crippen molar-refractivity contribution in [2.75, 3.05) is 45.9 Å². The summed E-state index contributed by atoms with van der Waals surface area (Å²) in [5.41, 5.74) is 3.86. The van der Waals surface area contributed by atoms with E-state index in [1.807, 2.05) is 0 Å². The maximum atomic E-state index is 12.1. The van der Waals surface area contributed by atoms with Gasteiger partial charge in [0, 0.05) is 45.0 Å². The molecule has 1 aromatic carbocycles. The number of benzene rings is 1.